The first-order chi connectivity index (χ1) is 19.3. The molecular formula is C29H42F2N4O5. The third-order valence-corrected chi connectivity index (χ3v) is 7.10. The van der Waals surface area contributed by atoms with Crippen LogP contribution in [0.1, 0.15) is 38.2 Å². The Balaban J connectivity index is 1.89. The van der Waals surface area contributed by atoms with Gasteiger partial charge in [-0.1, -0.05) is 24.8 Å². The first-order valence-corrected chi connectivity index (χ1v) is 13.6. The van der Waals surface area contributed by atoms with Crippen LogP contribution in [0.2, 0.25) is 0 Å². The van der Waals surface area contributed by atoms with Gasteiger partial charge in [0.05, 0.1) is 18.5 Å². The quantitative estimate of drug-likeness (QED) is 0.214. The van der Waals surface area contributed by atoms with Crippen molar-refractivity contribution in [1.29, 1.82) is 0 Å². The summed E-state index contributed by atoms with van der Waals surface area (Å²) < 4.78 is 49.6. The minimum Gasteiger partial charge on any atom is -0.489 e. The molecule has 0 radical (unpaired) electrons. The fourth-order valence-corrected chi connectivity index (χ4v) is 4.99. The van der Waals surface area contributed by atoms with Gasteiger partial charge in [-0.05, 0) is 32.4 Å². The summed E-state index contributed by atoms with van der Waals surface area (Å²) >= 11 is 0. The molecule has 0 bridgehead atoms. The number of ether oxygens (including phenoxy) is 4. The van der Waals surface area contributed by atoms with Crippen LogP contribution in [-0.2, 0) is 20.8 Å². The van der Waals surface area contributed by atoms with E-state index in [2.05, 4.69) is 22.5 Å². The summed E-state index contributed by atoms with van der Waals surface area (Å²) in [6, 6.07) is 2.78. The van der Waals surface area contributed by atoms with Crippen molar-refractivity contribution in [1.82, 2.24) is 15.5 Å². The topological polar surface area (TPSA) is 93.3 Å². The van der Waals surface area contributed by atoms with Crippen molar-refractivity contribution in [3.63, 3.8) is 0 Å². The number of likely N-dealkylation sites (N-methyl/N-ethyl adjacent to an activating group) is 1. The molecule has 1 aromatic carbocycles. The summed E-state index contributed by atoms with van der Waals surface area (Å²) in [5, 5.41) is 9.62. The Bertz CT molecular complexity index is 1070. The van der Waals surface area contributed by atoms with Crippen molar-refractivity contribution in [3.05, 3.63) is 54.0 Å². The van der Waals surface area contributed by atoms with E-state index in [1.807, 2.05) is 31.0 Å². The van der Waals surface area contributed by atoms with Crippen LogP contribution in [0.4, 0.5) is 14.5 Å². The molecule has 0 aliphatic carbocycles. The number of anilines is 1. The molecule has 1 unspecified atom stereocenters. The van der Waals surface area contributed by atoms with Gasteiger partial charge in [-0.15, -0.1) is 0 Å². The molecule has 1 aromatic rings. The van der Waals surface area contributed by atoms with E-state index in [0.29, 0.717) is 42.9 Å². The molecule has 0 aromatic heterocycles. The smallest absolute Gasteiger partial charge is 0.387 e. The average molecular weight is 565 g/mol. The first kappa shape index (κ1) is 31.2. The van der Waals surface area contributed by atoms with E-state index in [1.54, 1.807) is 19.2 Å². The van der Waals surface area contributed by atoms with Crippen LogP contribution in [0, 0.1) is 0 Å². The number of nitrogens with zero attached hydrogens (tertiary/aromatic N) is 1. The summed E-state index contributed by atoms with van der Waals surface area (Å²) in [4.78, 5) is 14.2. The first-order valence-electron chi connectivity index (χ1n) is 13.6. The summed E-state index contributed by atoms with van der Waals surface area (Å²) in [5.41, 5.74) is 2.10. The molecule has 3 N–H and O–H groups in total. The monoisotopic (exact) mass is 564 g/mol. The van der Waals surface area contributed by atoms with E-state index in [0.717, 1.165) is 30.8 Å². The summed E-state index contributed by atoms with van der Waals surface area (Å²) in [7, 11) is 4.94. The van der Waals surface area contributed by atoms with E-state index in [-0.39, 0.29) is 24.4 Å². The number of halogens is 2. The Morgan fingerprint density at radius 3 is 2.70 bits per heavy atom. The molecule has 222 valence electrons. The maximum absolute atomic E-state index is 13.5. The molecule has 9 nitrogen and oxygen atoms in total. The zero-order valence-electron chi connectivity index (χ0n) is 23.8. The average Bonchev–Trinajstić information content (AvgIpc) is 3.41. The number of hydrogen-bond acceptors (Lipinski definition) is 9. The largest absolute Gasteiger partial charge is 0.489 e. The minimum absolute atomic E-state index is 0.00531. The second-order valence-corrected chi connectivity index (χ2v) is 9.69. The molecular weight excluding hydrogens is 522 g/mol. The van der Waals surface area contributed by atoms with Gasteiger partial charge in [0, 0.05) is 58.2 Å². The van der Waals surface area contributed by atoms with Gasteiger partial charge in [-0.25, -0.2) is 0 Å². The molecule has 3 atom stereocenters. The van der Waals surface area contributed by atoms with Crippen molar-refractivity contribution >= 4 is 11.7 Å². The van der Waals surface area contributed by atoms with E-state index in [9.17, 15) is 13.6 Å². The van der Waals surface area contributed by atoms with Crippen LogP contribution < -0.4 is 25.4 Å². The van der Waals surface area contributed by atoms with Gasteiger partial charge in [0.15, 0.2) is 0 Å². The van der Waals surface area contributed by atoms with Crippen LogP contribution in [0.3, 0.4) is 0 Å². The molecule has 3 rings (SSSR count). The Morgan fingerprint density at radius 1 is 1.23 bits per heavy atom. The Kier molecular flexibility index (Phi) is 12.1. The lowest BCUT2D eigenvalue weighted by Crippen LogP contribution is -2.36. The molecule has 0 spiro atoms. The number of allylic oxidation sites excluding steroid dienone is 2. The Morgan fingerprint density at radius 2 is 2.02 bits per heavy atom. The van der Waals surface area contributed by atoms with E-state index < -0.39 is 18.8 Å². The van der Waals surface area contributed by atoms with Crippen LogP contribution in [0.25, 0.3) is 0 Å². The van der Waals surface area contributed by atoms with Crippen LogP contribution >= 0.6 is 0 Å². The van der Waals surface area contributed by atoms with Gasteiger partial charge in [0.25, 0.3) is 0 Å². The highest BCUT2D eigenvalue weighted by atomic mass is 19.3. The maximum atomic E-state index is 13.5. The molecule has 2 heterocycles. The number of rotatable bonds is 15. The number of alkyl halides is 2. The number of likely N-dealkylation sites (tertiary alicyclic amines) is 1. The Hall–Kier alpha value is -3.31. The third-order valence-electron chi connectivity index (χ3n) is 7.10. The molecule has 1 saturated heterocycles. The van der Waals surface area contributed by atoms with E-state index >= 15 is 0 Å². The highest BCUT2D eigenvalue weighted by Crippen LogP contribution is 2.37. The lowest BCUT2D eigenvalue weighted by atomic mass is 10.1. The molecule has 1 fully saturated rings. The summed E-state index contributed by atoms with van der Waals surface area (Å²) in [6.45, 7) is 4.98. The predicted octanol–water partition coefficient (Wildman–Crippen LogP) is 4.18. The number of nitrogens with one attached hydrogen (secondary N) is 3. The SMILES string of the molecule is C=C/C=C\C[C@@H](OC1=C(NC)CNCC1)C(C)Oc1cc(OC(F)F)c(CN2CCC[C@H]2C(=O)OC)cc1NC. The van der Waals surface area contributed by atoms with Crippen LogP contribution in [0.15, 0.2) is 48.4 Å². The van der Waals surface area contributed by atoms with Gasteiger partial charge >= 0.3 is 12.6 Å². The number of esters is 1. The van der Waals surface area contributed by atoms with Gasteiger partial charge in [0.1, 0.15) is 35.5 Å². The fraction of sp³-hybridized carbons (Fsp3) is 0.552. The zero-order valence-corrected chi connectivity index (χ0v) is 23.8. The summed E-state index contributed by atoms with van der Waals surface area (Å²) in [6.07, 6.45) is 7.44. The third kappa shape index (κ3) is 8.34. The Labute approximate surface area is 235 Å². The molecule has 2 aliphatic heterocycles. The van der Waals surface area contributed by atoms with E-state index in [4.69, 9.17) is 18.9 Å². The van der Waals surface area contributed by atoms with Crippen molar-refractivity contribution in [2.24, 2.45) is 0 Å². The predicted molar refractivity (Wildman–Crippen MR) is 151 cm³/mol. The second-order valence-electron chi connectivity index (χ2n) is 9.69. The van der Waals surface area contributed by atoms with Crippen molar-refractivity contribution < 1.29 is 32.5 Å². The lowest BCUT2D eigenvalue weighted by Gasteiger charge is -2.30. The zero-order chi connectivity index (χ0) is 29.1. The van der Waals surface area contributed by atoms with Gasteiger partial charge in [-0.3, -0.25) is 9.69 Å². The molecule has 40 heavy (non-hydrogen) atoms. The maximum Gasteiger partial charge on any atom is 0.387 e. The van der Waals surface area contributed by atoms with Gasteiger partial charge in [0.2, 0.25) is 0 Å². The fourth-order valence-electron chi connectivity index (χ4n) is 4.99. The standard InChI is InChI=1S/C29H42F2N4O5/c1-6-7-8-11-24(39-25-12-13-34-17-22(25)33-4)19(2)38-27-16-26(40-29(30)31)20(15-21(27)32-3)18-35-14-9-10-23(35)28(36)37-5/h6-8,15-16,19,23-24,29,32-34H,1,9-14,17-18H2,2-5H3/b8-7-/t19?,23-,24+/m0/s1. The van der Waals surface area contributed by atoms with Crippen molar-refractivity contribution in [2.45, 2.75) is 64.0 Å². The van der Waals surface area contributed by atoms with Gasteiger partial charge in [-0.2, -0.15) is 8.78 Å². The van der Waals surface area contributed by atoms with E-state index in [1.165, 1.54) is 13.2 Å². The number of methoxy groups -OCH3 is 1. The highest BCUT2D eigenvalue weighted by molar-refractivity contribution is 5.76. The molecule has 0 amide bonds. The van der Waals surface area contributed by atoms with Crippen LogP contribution in [0.5, 0.6) is 11.5 Å². The number of benzene rings is 1. The lowest BCUT2D eigenvalue weighted by molar-refractivity contribution is -0.146. The number of hydrogen-bond donors (Lipinski definition) is 3. The summed E-state index contributed by atoms with van der Waals surface area (Å²) in [5.74, 6) is 0.882. The molecule has 2 aliphatic rings. The van der Waals surface area contributed by atoms with Gasteiger partial charge < -0.3 is 34.9 Å². The van der Waals surface area contributed by atoms with Crippen LogP contribution in [-0.4, -0.2) is 76.6 Å². The molecule has 11 heteroatoms. The molecule has 0 saturated carbocycles. The minimum atomic E-state index is -3.02. The van der Waals surface area contributed by atoms with Crippen molar-refractivity contribution in [2.75, 3.05) is 46.2 Å². The number of carbonyl (C=O) groups excluding carboxylic acids is 1. The second kappa shape index (κ2) is 15.5. The normalized spacial score (nSPS) is 19.4. The highest BCUT2D eigenvalue weighted by Gasteiger charge is 2.33. The van der Waals surface area contributed by atoms with Crippen molar-refractivity contribution in [3.8, 4) is 11.5 Å². The number of carbonyl (C=O) groups is 1.